The lowest BCUT2D eigenvalue weighted by Crippen LogP contribution is -2.60. The van der Waals surface area contributed by atoms with E-state index >= 15 is 0 Å². The highest BCUT2D eigenvalue weighted by atomic mass is 16.6. The number of hydrogen-bond donors (Lipinski definition) is 0. The third-order valence-corrected chi connectivity index (χ3v) is 4.46. The molecule has 0 saturated carbocycles. The Kier molecular flexibility index (Phi) is 3.58. The van der Waals surface area contributed by atoms with E-state index in [0.29, 0.717) is 37.7 Å². The zero-order valence-corrected chi connectivity index (χ0v) is 13.6. The Morgan fingerprint density at radius 1 is 1.23 bits per heavy atom. The summed E-state index contributed by atoms with van der Waals surface area (Å²) in [6, 6.07) is 2.29. The number of morpholine rings is 1. The molecule has 0 aliphatic carbocycles. The van der Waals surface area contributed by atoms with Gasteiger partial charge in [0.1, 0.15) is 17.2 Å². The number of nitriles is 1. The van der Waals surface area contributed by atoms with Crippen LogP contribution in [0.4, 0.5) is 5.82 Å². The predicted molar refractivity (Wildman–Crippen MR) is 81.8 cm³/mol. The van der Waals surface area contributed by atoms with Crippen molar-refractivity contribution in [2.24, 2.45) is 0 Å². The maximum atomic E-state index is 9.54. The van der Waals surface area contributed by atoms with E-state index in [1.807, 2.05) is 13.8 Å². The van der Waals surface area contributed by atoms with Gasteiger partial charge in [0.05, 0.1) is 24.4 Å². The first-order chi connectivity index (χ1) is 10.4. The third-order valence-electron chi connectivity index (χ3n) is 4.46. The van der Waals surface area contributed by atoms with E-state index in [4.69, 9.17) is 9.47 Å². The van der Waals surface area contributed by atoms with Crippen molar-refractivity contribution in [1.29, 1.82) is 5.26 Å². The minimum atomic E-state index is -0.320. The first-order valence-electron chi connectivity index (χ1n) is 7.63. The van der Waals surface area contributed by atoms with Crippen LogP contribution in [-0.2, 0) is 9.47 Å². The van der Waals surface area contributed by atoms with E-state index in [-0.39, 0.29) is 11.2 Å². The highest BCUT2D eigenvalue weighted by Crippen LogP contribution is 2.37. The SMILES string of the molecule is Cc1nnc(N2CC(C)(C)OC3(CCOC3)C2)c(C#N)c1C. The summed E-state index contributed by atoms with van der Waals surface area (Å²) < 4.78 is 11.9. The maximum Gasteiger partial charge on any atom is 0.169 e. The lowest BCUT2D eigenvalue weighted by Gasteiger charge is -2.48. The van der Waals surface area contributed by atoms with Crippen molar-refractivity contribution in [1.82, 2.24) is 10.2 Å². The topological polar surface area (TPSA) is 71.3 Å². The van der Waals surface area contributed by atoms with Crippen LogP contribution in [-0.4, -0.2) is 47.7 Å². The molecule has 0 bridgehead atoms. The lowest BCUT2D eigenvalue weighted by molar-refractivity contribution is -0.151. The molecule has 118 valence electrons. The number of hydrogen-bond acceptors (Lipinski definition) is 6. The minimum absolute atomic E-state index is 0.311. The molecule has 6 nitrogen and oxygen atoms in total. The van der Waals surface area contributed by atoms with Crippen LogP contribution in [0.25, 0.3) is 0 Å². The number of aryl methyl sites for hydroxylation is 1. The second-order valence-electron chi connectivity index (χ2n) is 6.92. The van der Waals surface area contributed by atoms with E-state index in [0.717, 1.165) is 17.7 Å². The van der Waals surface area contributed by atoms with Crippen LogP contribution in [0, 0.1) is 25.2 Å². The Balaban J connectivity index is 2.01. The van der Waals surface area contributed by atoms with Crippen LogP contribution < -0.4 is 4.90 Å². The fraction of sp³-hybridized carbons (Fsp3) is 0.688. The van der Waals surface area contributed by atoms with E-state index in [2.05, 4.69) is 35.0 Å². The van der Waals surface area contributed by atoms with E-state index in [1.54, 1.807) is 0 Å². The van der Waals surface area contributed by atoms with Gasteiger partial charge in [-0.15, -0.1) is 5.10 Å². The molecule has 3 rings (SSSR count). The smallest absolute Gasteiger partial charge is 0.169 e. The number of ether oxygens (including phenoxy) is 2. The highest BCUT2D eigenvalue weighted by molar-refractivity contribution is 5.58. The predicted octanol–water partition coefficient (Wildman–Crippen LogP) is 1.74. The molecule has 2 fully saturated rings. The van der Waals surface area contributed by atoms with Gasteiger partial charge in [-0.25, -0.2) is 0 Å². The van der Waals surface area contributed by atoms with Crippen LogP contribution in [0.3, 0.4) is 0 Å². The Hall–Kier alpha value is -1.71. The fourth-order valence-corrected chi connectivity index (χ4v) is 3.41. The molecule has 3 heterocycles. The summed E-state index contributed by atoms with van der Waals surface area (Å²) in [4.78, 5) is 2.14. The molecule has 22 heavy (non-hydrogen) atoms. The van der Waals surface area contributed by atoms with Crippen molar-refractivity contribution >= 4 is 5.82 Å². The summed E-state index contributed by atoms with van der Waals surface area (Å²) in [6.45, 7) is 10.6. The molecule has 0 aromatic carbocycles. The second kappa shape index (κ2) is 5.18. The molecule has 0 radical (unpaired) electrons. The first kappa shape index (κ1) is 15.2. The maximum absolute atomic E-state index is 9.54. The fourth-order valence-electron chi connectivity index (χ4n) is 3.41. The molecule has 1 unspecified atom stereocenters. The van der Waals surface area contributed by atoms with Crippen LogP contribution in [0.1, 0.15) is 37.1 Å². The molecule has 1 aromatic heterocycles. The summed E-state index contributed by atoms with van der Waals surface area (Å²) in [6.07, 6.45) is 0.868. The van der Waals surface area contributed by atoms with Gasteiger partial charge in [0.25, 0.3) is 0 Å². The van der Waals surface area contributed by atoms with Gasteiger partial charge in [-0.2, -0.15) is 10.4 Å². The van der Waals surface area contributed by atoms with Crippen LogP contribution in [0.2, 0.25) is 0 Å². The average molecular weight is 302 g/mol. The summed E-state index contributed by atoms with van der Waals surface area (Å²) in [7, 11) is 0. The van der Waals surface area contributed by atoms with Crippen molar-refractivity contribution in [3.63, 3.8) is 0 Å². The molecule has 0 N–H and O–H groups in total. The minimum Gasteiger partial charge on any atom is -0.378 e. The number of nitrogens with zero attached hydrogens (tertiary/aromatic N) is 4. The quantitative estimate of drug-likeness (QED) is 0.787. The van der Waals surface area contributed by atoms with Gasteiger partial charge in [-0.3, -0.25) is 0 Å². The first-order valence-corrected chi connectivity index (χ1v) is 7.63. The van der Waals surface area contributed by atoms with Gasteiger partial charge in [0.2, 0.25) is 0 Å². The molecule has 6 heteroatoms. The van der Waals surface area contributed by atoms with Gasteiger partial charge in [0, 0.05) is 19.6 Å². The van der Waals surface area contributed by atoms with Crippen molar-refractivity contribution in [2.45, 2.75) is 45.3 Å². The summed E-state index contributed by atoms with van der Waals surface area (Å²) >= 11 is 0. The molecule has 1 spiro atoms. The van der Waals surface area contributed by atoms with E-state index < -0.39 is 0 Å². The van der Waals surface area contributed by atoms with Crippen LogP contribution in [0.5, 0.6) is 0 Å². The highest BCUT2D eigenvalue weighted by Gasteiger charge is 2.47. The zero-order valence-electron chi connectivity index (χ0n) is 13.6. The number of rotatable bonds is 1. The summed E-state index contributed by atoms with van der Waals surface area (Å²) in [5.74, 6) is 0.660. The molecule has 0 amide bonds. The van der Waals surface area contributed by atoms with Crippen molar-refractivity contribution in [2.75, 3.05) is 31.2 Å². The van der Waals surface area contributed by atoms with Crippen LogP contribution in [0.15, 0.2) is 0 Å². The lowest BCUT2D eigenvalue weighted by atomic mass is 9.94. The van der Waals surface area contributed by atoms with Gasteiger partial charge < -0.3 is 14.4 Å². The largest absolute Gasteiger partial charge is 0.378 e. The van der Waals surface area contributed by atoms with Gasteiger partial charge in [-0.1, -0.05) is 0 Å². The van der Waals surface area contributed by atoms with Gasteiger partial charge in [0.15, 0.2) is 5.82 Å². The van der Waals surface area contributed by atoms with Crippen molar-refractivity contribution in [3.8, 4) is 6.07 Å². The summed E-state index contributed by atoms with van der Waals surface area (Å²) in [5.41, 5.74) is 1.67. The number of anilines is 1. The zero-order chi connectivity index (χ0) is 16.0. The standard InChI is InChI=1S/C16H22N4O2/c1-11-12(2)18-19-14(13(11)7-17)20-8-15(3,4)22-16(9-20)5-6-21-10-16/h5-6,8-10H2,1-4H3. The van der Waals surface area contributed by atoms with Crippen LogP contribution >= 0.6 is 0 Å². The Morgan fingerprint density at radius 2 is 2.00 bits per heavy atom. The Labute approximate surface area is 131 Å². The molecular weight excluding hydrogens is 280 g/mol. The van der Waals surface area contributed by atoms with Gasteiger partial charge in [-0.05, 0) is 33.3 Å². The molecule has 2 aliphatic rings. The van der Waals surface area contributed by atoms with Crippen molar-refractivity contribution < 1.29 is 9.47 Å². The molecular formula is C16H22N4O2. The molecule has 2 saturated heterocycles. The Morgan fingerprint density at radius 3 is 2.64 bits per heavy atom. The monoisotopic (exact) mass is 302 g/mol. The normalized spacial score (nSPS) is 27.1. The second-order valence-corrected chi connectivity index (χ2v) is 6.92. The summed E-state index contributed by atoms with van der Waals surface area (Å²) in [5, 5.41) is 18.1. The number of aromatic nitrogens is 2. The average Bonchev–Trinajstić information content (AvgIpc) is 2.87. The molecule has 1 atom stereocenters. The molecule has 2 aliphatic heterocycles. The van der Waals surface area contributed by atoms with Gasteiger partial charge >= 0.3 is 0 Å². The Bertz CT molecular complexity index is 630. The third kappa shape index (κ3) is 2.55. The molecule has 1 aromatic rings. The van der Waals surface area contributed by atoms with E-state index in [9.17, 15) is 5.26 Å². The van der Waals surface area contributed by atoms with E-state index in [1.165, 1.54) is 0 Å². The van der Waals surface area contributed by atoms with Crippen molar-refractivity contribution in [3.05, 3.63) is 16.8 Å².